The van der Waals surface area contributed by atoms with Gasteiger partial charge in [0.05, 0.1) is 5.02 Å². The highest BCUT2D eigenvalue weighted by atomic mass is 35.5. The molecule has 0 atom stereocenters. The molecule has 2 aromatic rings. The molecule has 1 fully saturated rings. The van der Waals surface area contributed by atoms with E-state index in [2.05, 4.69) is 17.4 Å². The Morgan fingerprint density at radius 3 is 2.80 bits per heavy atom. The summed E-state index contributed by atoms with van der Waals surface area (Å²) >= 11 is 7.65. The Balaban J connectivity index is 1.54. The van der Waals surface area contributed by atoms with Crippen LogP contribution < -0.4 is 10.1 Å². The minimum atomic E-state index is -0.355. The largest absolute Gasteiger partial charge is 0.487 e. The van der Waals surface area contributed by atoms with Crippen molar-refractivity contribution in [2.75, 3.05) is 0 Å². The van der Waals surface area contributed by atoms with Crippen LogP contribution in [0.2, 0.25) is 5.02 Å². The van der Waals surface area contributed by atoms with Crippen LogP contribution in [0.4, 0.5) is 4.39 Å². The van der Waals surface area contributed by atoms with E-state index in [1.54, 1.807) is 17.4 Å². The Kier molecular flexibility index (Phi) is 4.24. The van der Waals surface area contributed by atoms with Crippen molar-refractivity contribution < 1.29 is 9.13 Å². The summed E-state index contributed by atoms with van der Waals surface area (Å²) in [4.78, 5) is 2.44. The molecule has 0 spiro atoms. The van der Waals surface area contributed by atoms with Gasteiger partial charge in [0.2, 0.25) is 0 Å². The zero-order chi connectivity index (χ0) is 13.9. The maximum atomic E-state index is 12.9. The standard InChI is InChI=1S/C15H15ClFNOS/c16-14-7-10(17)1-6-15(14)19-9-13-5-4-12(20-13)8-18-11-2-3-11/h1,4-7,11,18H,2-3,8-9H2. The molecule has 5 heteroatoms. The van der Waals surface area contributed by atoms with Crippen molar-refractivity contribution >= 4 is 22.9 Å². The predicted octanol–water partition coefficient (Wildman–Crippen LogP) is 4.37. The first-order valence-corrected chi connectivity index (χ1v) is 7.79. The van der Waals surface area contributed by atoms with Gasteiger partial charge in [-0.1, -0.05) is 11.6 Å². The average Bonchev–Trinajstić information content (AvgIpc) is 3.14. The molecular formula is C15H15ClFNOS. The molecule has 106 valence electrons. The van der Waals surface area contributed by atoms with Crippen LogP contribution >= 0.6 is 22.9 Å². The fourth-order valence-electron chi connectivity index (χ4n) is 1.87. The maximum absolute atomic E-state index is 12.9. The zero-order valence-electron chi connectivity index (χ0n) is 10.9. The molecule has 0 unspecified atom stereocenters. The third kappa shape index (κ3) is 3.72. The second-order valence-corrected chi connectivity index (χ2v) is 6.55. The van der Waals surface area contributed by atoms with Gasteiger partial charge in [0.1, 0.15) is 18.2 Å². The van der Waals surface area contributed by atoms with E-state index >= 15 is 0 Å². The zero-order valence-corrected chi connectivity index (χ0v) is 12.4. The topological polar surface area (TPSA) is 21.3 Å². The number of thiophene rings is 1. The minimum Gasteiger partial charge on any atom is -0.487 e. The quantitative estimate of drug-likeness (QED) is 0.855. The summed E-state index contributed by atoms with van der Waals surface area (Å²) < 4.78 is 18.5. The van der Waals surface area contributed by atoms with Crippen LogP contribution in [0, 0.1) is 5.82 Å². The van der Waals surface area contributed by atoms with Gasteiger partial charge < -0.3 is 10.1 Å². The lowest BCUT2D eigenvalue weighted by Crippen LogP contribution is -2.14. The summed E-state index contributed by atoms with van der Waals surface area (Å²) in [5.41, 5.74) is 0. The van der Waals surface area contributed by atoms with Crippen LogP contribution in [0.5, 0.6) is 5.75 Å². The lowest BCUT2D eigenvalue weighted by molar-refractivity contribution is 0.309. The summed E-state index contributed by atoms with van der Waals surface area (Å²) in [6.07, 6.45) is 2.59. The van der Waals surface area contributed by atoms with Gasteiger partial charge in [0.25, 0.3) is 0 Å². The molecule has 1 saturated carbocycles. The number of nitrogens with one attached hydrogen (secondary N) is 1. The van der Waals surface area contributed by atoms with Crippen molar-refractivity contribution in [2.45, 2.75) is 32.0 Å². The van der Waals surface area contributed by atoms with E-state index in [1.165, 1.54) is 29.9 Å². The van der Waals surface area contributed by atoms with Gasteiger partial charge in [-0.2, -0.15) is 0 Å². The molecule has 1 heterocycles. The third-order valence-corrected chi connectivity index (χ3v) is 4.48. The molecule has 20 heavy (non-hydrogen) atoms. The molecule has 0 radical (unpaired) electrons. The SMILES string of the molecule is Fc1ccc(OCc2ccc(CNC3CC3)s2)c(Cl)c1. The number of ether oxygens (including phenoxy) is 1. The highest BCUT2D eigenvalue weighted by Crippen LogP contribution is 2.27. The van der Waals surface area contributed by atoms with Crippen molar-refractivity contribution in [2.24, 2.45) is 0 Å². The van der Waals surface area contributed by atoms with E-state index in [9.17, 15) is 4.39 Å². The van der Waals surface area contributed by atoms with Crippen LogP contribution in [0.25, 0.3) is 0 Å². The highest BCUT2D eigenvalue weighted by molar-refractivity contribution is 7.11. The van der Waals surface area contributed by atoms with E-state index in [0.717, 1.165) is 17.5 Å². The fraction of sp³-hybridized carbons (Fsp3) is 0.333. The summed E-state index contributed by atoms with van der Waals surface area (Å²) in [6.45, 7) is 1.38. The lowest BCUT2D eigenvalue weighted by atomic mass is 10.3. The Morgan fingerprint density at radius 2 is 2.05 bits per heavy atom. The molecule has 3 rings (SSSR count). The van der Waals surface area contributed by atoms with Crippen LogP contribution in [-0.2, 0) is 13.2 Å². The van der Waals surface area contributed by atoms with Gasteiger partial charge in [0.15, 0.2) is 0 Å². The van der Waals surface area contributed by atoms with Gasteiger partial charge in [-0.15, -0.1) is 11.3 Å². The lowest BCUT2D eigenvalue weighted by Gasteiger charge is -2.06. The number of rotatable bonds is 6. The highest BCUT2D eigenvalue weighted by Gasteiger charge is 2.20. The fourth-order valence-corrected chi connectivity index (χ4v) is 2.97. The van der Waals surface area contributed by atoms with E-state index in [0.29, 0.717) is 17.4 Å². The van der Waals surface area contributed by atoms with Crippen molar-refractivity contribution in [3.63, 3.8) is 0 Å². The molecule has 1 aliphatic carbocycles. The minimum absolute atomic E-state index is 0.303. The Bertz CT molecular complexity index is 597. The van der Waals surface area contributed by atoms with Crippen LogP contribution in [-0.4, -0.2) is 6.04 Å². The van der Waals surface area contributed by atoms with E-state index in [1.807, 2.05) is 0 Å². The number of halogens is 2. The molecule has 2 nitrogen and oxygen atoms in total. The summed E-state index contributed by atoms with van der Waals surface area (Å²) in [5, 5.41) is 3.79. The van der Waals surface area contributed by atoms with E-state index in [-0.39, 0.29) is 5.82 Å². The first-order valence-electron chi connectivity index (χ1n) is 6.59. The van der Waals surface area contributed by atoms with Gasteiger partial charge in [-0.05, 0) is 43.2 Å². The van der Waals surface area contributed by atoms with Crippen LogP contribution in [0.3, 0.4) is 0 Å². The first-order chi connectivity index (χ1) is 9.70. The first kappa shape index (κ1) is 13.9. The van der Waals surface area contributed by atoms with E-state index < -0.39 is 0 Å². The molecule has 0 aliphatic heterocycles. The number of hydrogen-bond donors (Lipinski definition) is 1. The predicted molar refractivity (Wildman–Crippen MR) is 79.9 cm³/mol. The maximum Gasteiger partial charge on any atom is 0.138 e. The van der Waals surface area contributed by atoms with Gasteiger partial charge in [-0.25, -0.2) is 4.39 Å². The van der Waals surface area contributed by atoms with Crippen LogP contribution in [0.1, 0.15) is 22.6 Å². The van der Waals surface area contributed by atoms with Gasteiger partial charge in [0, 0.05) is 22.3 Å². The molecule has 0 saturated heterocycles. The monoisotopic (exact) mass is 311 g/mol. The number of benzene rings is 1. The van der Waals surface area contributed by atoms with Crippen molar-refractivity contribution in [3.05, 3.63) is 50.9 Å². The second kappa shape index (κ2) is 6.12. The summed E-state index contributed by atoms with van der Waals surface area (Å²) in [5.74, 6) is 0.158. The molecule has 0 bridgehead atoms. The Morgan fingerprint density at radius 1 is 1.25 bits per heavy atom. The smallest absolute Gasteiger partial charge is 0.138 e. The average molecular weight is 312 g/mol. The third-order valence-electron chi connectivity index (χ3n) is 3.12. The van der Waals surface area contributed by atoms with Gasteiger partial charge >= 0.3 is 0 Å². The molecule has 1 aliphatic rings. The molecule has 0 amide bonds. The Labute approximate surface area is 126 Å². The Hall–Kier alpha value is -1.10. The molecule has 1 aromatic heterocycles. The second-order valence-electron chi connectivity index (χ2n) is 4.89. The number of hydrogen-bond acceptors (Lipinski definition) is 3. The van der Waals surface area contributed by atoms with Crippen molar-refractivity contribution in [1.82, 2.24) is 5.32 Å². The molecule has 1 N–H and O–H groups in total. The molecular weight excluding hydrogens is 297 g/mol. The summed E-state index contributed by atoms with van der Waals surface area (Å²) in [7, 11) is 0. The van der Waals surface area contributed by atoms with Crippen molar-refractivity contribution in [3.8, 4) is 5.75 Å². The van der Waals surface area contributed by atoms with Crippen LogP contribution in [0.15, 0.2) is 30.3 Å². The molecule has 1 aromatic carbocycles. The van der Waals surface area contributed by atoms with E-state index in [4.69, 9.17) is 16.3 Å². The summed E-state index contributed by atoms with van der Waals surface area (Å²) in [6, 6.07) is 9.06. The normalized spacial score (nSPS) is 14.5. The van der Waals surface area contributed by atoms with Crippen molar-refractivity contribution in [1.29, 1.82) is 0 Å². The van der Waals surface area contributed by atoms with Gasteiger partial charge in [-0.3, -0.25) is 0 Å².